The van der Waals surface area contributed by atoms with Crippen molar-refractivity contribution in [3.63, 3.8) is 0 Å². The van der Waals surface area contributed by atoms with E-state index in [0.717, 1.165) is 12.4 Å². The van der Waals surface area contributed by atoms with Crippen LogP contribution in [0.15, 0.2) is 28.0 Å². The van der Waals surface area contributed by atoms with Gasteiger partial charge >= 0.3 is 0 Å². The molecule has 2 atom stereocenters. The number of anilines is 1. The van der Waals surface area contributed by atoms with E-state index in [1.54, 1.807) is 6.07 Å². The van der Waals surface area contributed by atoms with Crippen LogP contribution in [0.5, 0.6) is 0 Å². The Bertz CT molecular complexity index is 934. The third kappa shape index (κ3) is 4.85. The summed E-state index contributed by atoms with van der Waals surface area (Å²) in [5.74, 6) is -2.51. The van der Waals surface area contributed by atoms with Crippen LogP contribution in [0.2, 0.25) is 0 Å². The average Bonchev–Trinajstić information content (AvgIpc) is 3.07. The molecule has 2 aromatic rings. The summed E-state index contributed by atoms with van der Waals surface area (Å²) in [4.78, 5) is 19.7. The fourth-order valence-corrected chi connectivity index (χ4v) is 3.13. The number of amides is 1. The first-order valence-corrected chi connectivity index (χ1v) is 9.29. The maximum atomic E-state index is 12.3. The predicted molar refractivity (Wildman–Crippen MR) is 89.9 cm³/mol. The minimum Gasteiger partial charge on any atom is -0.386 e. The van der Waals surface area contributed by atoms with Crippen LogP contribution in [0.3, 0.4) is 0 Å². The van der Waals surface area contributed by atoms with Crippen LogP contribution in [-0.2, 0) is 19.4 Å². The van der Waals surface area contributed by atoms with E-state index >= 15 is 0 Å². The second-order valence-electron chi connectivity index (χ2n) is 5.43. The molecule has 27 heavy (non-hydrogen) atoms. The van der Waals surface area contributed by atoms with E-state index in [1.807, 2.05) is 0 Å². The van der Waals surface area contributed by atoms with Crippen molar-refractivity contribution >= 4 is 21.7 Å². The maximum Gasteiger partial charge on any atom is 0.247 e. The fraction of sp³-hybridized carbons (Fsp3) is 0.400. The number of carbonyl (C=O) groups excluding carboxylic acids is 1. The molecule has 0 aromatic carbocycles. The molecule has 0 saturated heterocycles. The summed E-state index contributed by atoms with van der Waals surface area (Å²) < 4.78 is 33.5. The molecule has 2 rings (SSSR count). The van der Waals surface area contributed by atoms with Crippen molar-refractivity contribution in [2.45, 2.75) is 17.9 Å². The third-order valence-electron chi connectivity index (χ3n) is 3.62. The lowest BCUT2D eigenvalue weighted by Gasteiger charge is -2.14. The van der Waals surface area contributed by atoms with Crippen molar-refractivity contribution in [3.8, 4) is 6.07 Å². The summed E-state index contributed by atoms with van der Waals surface area (Å²) in [5, 5.41) is 25.2. The molecule has 11 nitrogen and oxygen atoms in total. The quantitative estimate of drug-likeness (QED) is 0.620. The SMILES string of the molecule is COCCS(=O)(=O)c1cnc(NC(=O)C(C#N)C(O)c2cnoc2C)nc1. The monoisotopic (exact) mass is 395 g/mol. The zero-order chi connectivity index (χ0) is 20.0. The molecular formula is C15H17N5O6S. The van der Waals surface area contributed by atoms with Gasteiger partial charge in [-0.1, -0.05) is 5.16 Å². The number of methoxy groups -OCH3 is 1. The number of ether oxygens (including phenoxy) is 1. The number of hydrogen-bond donors (Lipinski definition) is 2. The Morgan fingerprint density at radius 3 is 2.59 bits per heavy atom. The minimum atomic E-state index is -3.61. The molecular weight excluding hydrogens is 378 g/mol. The van der Waals surface area contributed by atoms with Gasteiger partial charge in [-0.05, 0) is 6.92 Å². The van der Waals surface area contributed by atoms with Crippen molar-refractivity contribution in [1.29, 1.82) is 5.26 Å². The number of carbonyl (C=O) groups is 1. The lowest BCUT2D eigenvalue weighted by molar-refractivity contribution is -0.121. The van der Waals surface area contributed by atoms with E-state index in [4.69, 9.17) is 9.26 Å². The largest absolute Gasteiger partial charge is 0.386 e. The van der Waals surface area contributed by atoms with E-state index in [-0.39, 0.29) is 34.5 Å². The normalized spacial score (nSPS) is 13.6. The molecule has 2 heterocycles. The van der Waals surface area contributed by atoms with Crippen molar-refractivity contribution in [3.05, 3.63) is 29.9 Å². The molecule has 0 aliphatic rings. The second-order valence-corrected chi connectivity index (χ2v) is 7.54. The second kappa shape index (κ2) is 8.67. The molecule has 2 N–H and O–H groups in total. The van der Waals surface area contributed by atoms with Crippen LogP contribution in [0.25, 0.3) is 0 Å². The number of nitrogens with one attached hydrogen (secondary N) is 1. The van der Waals surface area contributed by atoms with Crippen molar-refractivity contribution in [2.75, 3.05) is 24.8 Å². The molecule has 0 radical (unpaired) electrons. The fourth-order valence-electron chi connectivity index (χ4n) is 2.08. The van der Waals surface area contributed by atoms with Crippen LogP contribution in [0.4, 0.5) is 5.95 Å². The van der Waals surface area contributed by atoms with Gasteiger partial charge < -0.3 is 14.4 Å². The number of aliphatic hydroxyl groups is 1. The molecule has 144 valence electrons. The highest BCUT2D eigenvalue weighted by Gasteiger charge is 2.31. The van der Waals surface area contributed by atoms with Gasteiger partial charge in [0.25, 0.3) is 0 Å². The zero-order valence-electron chi connectivity index (χ0n) is 14.5. The summed E-state index contributed by atoms with van der Waals surface area (Å²) in [7, 11) is -2.23. The topological polar surface area (TPSA) is 168 Å². The number of nitriles is 1. The third-order valence-corrected chi connectivity index (χ3v) is 5.26. The molecule has 0 aliphatic carbocycles. The van der Waals surface area contributed by atoms with Gasteiger partial charge in [0, 0.05) is 12.7 Å². The summed E-state index contributed by atoms with van der Waals surface area (Å²) in [6, 6.07) is 1.70. The van der Waals surface area contributed by atoms with Gasteiger partial charge in [0.1, 0.15) is 16.8 Å². The Hall–Kier alpha value is -2.88. The van der Waals surface area contributed by atoms with Gasteiger partial charge in [-0.3, -0.25) is 10.1 Å². The summed E-state index contributed by atoms with van der Waals surface area (Å²) in [6.45, 7) is 1.55. The van der Waals surface area contributed by atoms with Crippen LogP contribution in [0.1, 0.15) is 17.4 Å². The molecule has 0 fully saturated rings. The lowest BCUT2D eigenvalue weighted by atomic mass is 9.97. The Morgan fingerprint density at radius 1 is 1.41 bits per heavy atom. The van der Waals surface area contributed by atoms with Crippen molar-refractivity contribution in [2.24, 2.45) is 5.92 Å². The van der Waals surface area contributed by atoms with Crippen LogP contribution < -0.4 is 5.32 Å². The molecule has 2 unspecified atom stereocenters. The summed E-state index contributed by atoms with van der Waals surface area (Å²) >= 11 is 0. The average molecular weight is 395 g/mol. The molecule has 0 saturated carbocycles. The van der Waals surface area contributed by atoms with E-state index in [1.165, 1.54) is 20.2 Å². The Balaban J connectivity index is 2.11. The molecule has 0 bridgehead atoms. The van der Waals surface area contributed by atoms with Gasteiger partial charge in [-0.25, -0.2) is 18.4 Å². The lowest BCUT2D eigenvalue weighted by Crippen LogP contribution is -2.28. The van der Waals surface area contributed by atoms with Gasteiger partial charge in [0.05, 0.1) is 37.0 Å². The zero-order valence-corrected chi connectivity index (χ0v) is 15.3. The summed E-state index contributed by atoms with van der Waals surface area (Å²) in [5.41, 5.74) is 0.206. The predicted octanol–water partition coefficient (Wildman–Crippen LogP) is 0.00500. The number of aliphatic hydroxyl groups excluding tert-OH is 1. The first kappa shape index (κ1) is 20.4. The number of aryl methyl sites for hydroxylation is 1. The van der Waals surface area contributed by atoms with E-state index in [0.29, 0.717) is 0 Å². The maximum absolute atomic E-state index is 12.3. The highest BCUT2D eigenvalue weighted by molar-refractivity contribution is 7.91. The smallest absolute Gasteiger partial charge is 0.247 e. The number of rotatable bonds is 8. The Kier molecular flexibility index (Phi) is 6.56. The number of hydrogen-bond acceptors (Lipinski definition) is 10. The van der Waals surface area contributed by atoms with Gasteiger partial charge in [-0.15, -0.1) is 0 Å². The first-order valence-electron chi connectivity index (χ1n) is 7.63. The standard InChI is InChI=1S/C15H17N5O6S/c1-9-12(8-19-26-9)13(21)11(5-16)14(22)20-15-17-6-10(7-18-15)27(23,24)4-3-25-2/h6-8,11,13,21H,3-4H2,1-2H3,(H,17,18,20,22). The highest BCUT2D eigenvalue weighted by atomic mass is 32.2. The van der Waals surface area contributed by atoms with Crippen LogP contribution in [0, 0.1) is 24.2 Å². The van der Waals surface area contributed by atoms with Crippen LogP contribution >= 0.6 is 0 Å². The van der Waals surface area contributed by atoms with Gasteiger partial charge in [-0.2, -0.15) is 5.26 Å². The molecule has 0 spiro atoms. The van der Waals surface area contributed by atoms with Gasteiger partial charge in [0.2, 0.25) is 11.9 Å². The molecule has 12 heteroatoms. The molecule has 0 aliphatic heterocycles. The van der Waals surface area contributed by atoms with E-state index < -0.39 is 27.8 Å². The van der Waals surface area contributed by atoms with E-state index in [2.05, 4.69) is 20.4 Å². The molecule has 2 aromatic heterocycles. The molecule has 1 amide bonds. The summed E-state index contributed by atoms with van der Waals surface area (Å²) in [6.07, 6.45) is 1.83. The number of nitrogens with zero attached hydrogens (tertiary/aromatic N) is 4. The van der Waals surface area contributed by atoms with Crippen LogP contribution in [-0.4, -0.2) is 54.0 Å². The van der Waals surface area contributed by atoms with E-state index in [9.17, 15) is 23.6 Å². The number of sulfone groups is 1. The van der Waals surface area contributed by atoms with Gasteiger partial charge in [0.15, 0.2) is 15.8 Å². The first-order chi connectivity index (χ1) is 12.8. The minimum absolute atomic E-state index is 0.0187. The van der Waals surface area contributed by atoms with Crippen molar-refractivity contribution < 1.29 is 27.6 Å². The van der Waals surface area contributed by atoms with Crippen molar-refractivity contribution in [1.82, 2.24) is 15.1 Å². The highest BCUT2D eigenvalue weighted by Crippen LogP contribution is 2.25. The number of aromatic nitrogens is 3. The Morgan fingerprint density at radius 2 is 2.07 bits per heavy atom. The Labute approximate surface area is 154 Å².